The zero-order chi connectivity index (χ0) is 25.4. The van der Waals surface area contributed by atoms with E-state index in [0.29, 0.717) is 17.9 Å². The van der Waals surface area contributed by atoms with Crippen LogP contribution in [-0.4, -0.2) is 66.7 Å². The Morgan fingerprint density at radius 1 is 1.39 bits per heavy atom. The highest BCUT2D eigenvalue weighted by Gasteiger charge is 2.54. The fraction of sp³-hybridized carbons (Fsp3) is 0.273. The largest absolute Gasteiger partial charge is 0.477 e. The lowest BCUT2D eigenvalue weighted by Crippen LogP contribution is -2.71. The number of anilines is 1. The van der Waals surface area contributed by atoms with Crippen molar-refractivity contribution in [3.63, 3.8) is 0 Å². The molecule has 12 nitrogen and oxygen atoms in total. The summed E-state index contributed by atoms with van der Waals surface area (Å²) in [5.41, 5.74) is 7.26. The lowest BCUT2D eigenvalue weighted by Gasteiger charge is -2.49. The number of nitrogen functional groups attached to an aromatic ring is 1. The number of carbonyl (C=O) groups excluding carboxylic acids is 2. The number of thiazole rings is 1. The van der Waals surface area contributed by atoms with E-state index < -0.39 is 29.2 Å². The van der Waals surface area contributed by atoms with E-state index in [0.717, 1.165) is 17.0 Å². The molecule has 0 aromatic carbocycles. The number of nitrogens with two attached hydrogens (primary N) is 1. The Labute approximate surface area is 213 Å². The number of thioether (sulfide) groups is 1. The number of fused-ring (bicyclic) bond motifs is 2. The van der Waals surface area contributed by atoms with E-state index >= 15 is 0 Å². The average Bonchev–Trinajstić information content (AvgIpc) is 3.48. The van der Waals surface area contributed by atoms with Gasteiger partial charge in [0, 0.05) is 22.8 Å². The number of rotatable bonds is 8. The highest BCUT2D eigenvalue weighted by atomic mass is 32.2. The molecule has 1 fully saturated rings. The van der Waals surface area contributed by atoms with Crippen LogP contribution in [0, 0.1) is 0 Å². The van der Waals surface area contributed by atoms with Gasteiger partial charge in [-0.2, -0.15) is 0 Å². The molecule has 0 unspecified atom stereocenters. The van der Waals surface area contributed by atoms with Crippen molar-refractivity contribution in [2.75, 3.05) is 18.1 Å². The van der Waals surface area contributed by atoms with Crippen LogP contribution in [0.15, 0.2) is 58.6 Å². The van der Waals surface area contributed by atoms with Crippen LogP contribution >= 0.6 is 23.1 Å². The second-order valence-corrected chi connectivity index (χ2v) is 9.93. The number of imidazole rings is 1. The van der Waals surface area contributed by atoms with E-state index in [4.69, 9.17) is 10.6 Å². The van der Waals surface area contributed by atoms with Crippen molar-refractivity contribution in [3.05, 3.63) is 59.1 Å². The van der Waals surface area contributed by atoms with Crippen LogP contribution in [0.4, 0.5) is 5.13 Å². The molecular weight excluding hydrogens is 506 g/mol. The second-order valence-electron chi connectivity index (χ2n) is 7.94. The number of aliphatic carboxylic acids is 1. The van der Waals surface area contributed by atoms with Crippen LogP contribution in [0.25, 0.3) is 5.65 Å². The number of nitrogens with one attached hydrogen (secondary N) is 1. The quantitative estimate of drug-likeness (QED) is 0.165. The predicted molar refractivity (Wildman–Crippen MR) is 132 cm³/mol. The molecule has 2 amide bonds. The zero-order valence-electron chi connectivity index (χ0n) is 19.0. The molecule has 3 aromatic rings. The van der Waals surface area contributed by atoms with Crippen molar-refractivity contribution in [2.24, 2.45) is 5.16 Å². The van der Waals surface area contributed by atoms with Gasteiger partial charge in [-0.1, -0.05) is 11.2 Å². The molecule has 0 aliphatic carbocycles. The lowest BCUT2D eigenvalue weighted by atomic mass is 10.0. The summed E-state index contributed by atoms with van der Waals surface area (Å²) in [6, 6.07) is 4.82. The minimum Gasteiger partial charge on any atom is -0.477 e. The van der Waals surface area contributed by atoms with Crippen molar-refractivity contribution >= 4 is 57.4 Å². The van der Waals surface area contributed by atoms with Gasteiger partial charge in [0.15, 0.2) is 10.8 Å². The van der Waals surface area contributed by atoms with Crippen LogP contribution < -0.4 is 15.6 Å². The van der Waals surface area contributed by atoms with E-state index in [9.17, 15) is 19.5 Å². The van der Waals surface area contributed by atoms with Crippen LogP contribution in [-0.2, 0) is 25.8 Å². The number of β-lactam (4-membered cyclic amide) rings is 1. The van der Waals surface area contributed by atoms with Gasteiger partial charge in [0.05, 0.1) is 6.20 Å². The first-order chi connectivity index (χ1) is 17.4. The highest BCUT2D eigenvalue weighted by Crippen LogP contribution is 2.40. The third-order valence-electron chi connectivity index (χ3n) is 5.73. The molecule has 5 heterocycles. The fourth-order valence-electron chi connectivity index (χ4n) is 4.13. The molecule has 1 saturated heterocycles. The van der Waals surface area contributed by atoms with E-state index in [1.165, 1.54) is 16.7 Å². The monoisotopic (exact) mass is 528 g/mol. The van der Waals surface area contributed by atoms with Gasteiger partial charge < -0.3 is 21.0 Å². The van der Waals surface area contributed by atoms with Gasteiger partial charge in [-0.15, -0.1) is 23.1 Å². The predicted octanol–water partition coefficient (Wildman–Crippen LogP) is 0.445. The molecule has 0 spiro atoms. The number of carboxylic acids is 1. The molecule has 3 aromatic heterocycles. The number of nitrogens with zero attached hydrogens (tertiary/aromatic N) is 5. The standard InChI is InChI=1S/C22H21N7O5S2/c1-2-34-26-15(13-11-36-22(23)24-13)18(30)25-16-19(31)29-17(21(32)33)12(10-35-20(16)29)9-28-8-7-27-6-4-3-5-14(27)28/h3-8,11,16,20H,2,9-10H2,1H3,(H3-,23,24,25,30,32,33)/p+1/b26-15-/t16-,20-/m1/s1. The van der Waals surface area contributed by atoms with Gasteiger partial charge in [-0.05, 0) is 13.0 Å². The Morgan fingerprint density at radius 3 is 2.94 bits per heavy atom. The summed E-state index contributed by atoms with van der Waals surface area (Å²) in [4.78, 5) is 48.6. The van der Waals surface area contributed by atoms with Gasteiger partial charge in [0.1, 0.15) is 48.4 Å². The number of carboxylic acid groups (broad SMARTS) is 1. The molecular formula is C22H22N7O5S2+. The lowest BCUT2D eigenvalue weighted by molar-refractivity contribution is -0.662. The summed E-state index contributed by atoms with van der Waals surface area (Å²) in [6.07, 6.45) is 5.65. The molecule has 36 heavy (non-hydrogen) atoms. The molecule has 0 saturated carbocycles. The number of pyridine rings is 1. The Hall–Kier alpha value is -3.91. The fourth-order valence-corrected chi connectivity index (χ4v) is 6.01. The van der Waals surface area contributed by atoms with E-state index in [1.54, 1.807) is 12.3 Å². The summed E-state index contributed by atoms with van der Waals surface area (Å²) in [7, 11) is 0. The Bertz CT molecular complexity index is 1430. The summed E-state index contributed by atoms with van der Waals surface area (Å²) < 4.78 is 3.86. The van der Waals surface area contributed by atoms with Crippen LogP contribution in [0.1, 0.15) is 12.6 Å². The molecule has 2 aliphatic heterocycles. The molecule has 14 heteroatoms. The molecule has 2 aliphatic rings. The number of amides is 2. The molecule has 5 rings (SSSR count). The molecule has 186 valence electrons. The van der Waals surface area contributed by atoms with Gasteiger partial charge >= 0.3 is 5.97 Å². The van der Waals surface area contributed by atoms with Gasteiger partial charge in [0.25, 0.3) is 17.5 Å². The maximum atomic E-state index is 13.1. The van der Waals surface area contributed by atoms with Crippen molar-refractivity contribution in [3.8, 4) is 0 Å². The maximum absolute atomic E-state index is 13.1. The van der Waals surface area contributed by atoms with E-state index in [1.807, 2.05) is 45.8 Å². The number of hydrogen-bond acceptors (Lipinski definition) is 9. The Balaban J connectivity index is 1.37. The van der Waals surface area contributed by atoms with Crippen molar-refractivity contribution in [2.45, 2.75) is 24.9 Å². The normalized spacial score (nSPS) is 19.8. The highest BCUT2D eigenvalue weighted by molar-refractivity contribution is 8.00. The first-order valence-electron chi connectivity index (χ1n) is 11.0. The number of carbonyl (C=O) groups is 3. The van der Waals surface area contributed by atoms with Crippen molar-refractivity contribution < 1.29 is 28.9 Å². The minimum atomic E-state index is -1.19. The first kappa shape index (κ1) is 23.8. The molecule has 4 N–H and O–H groups in total. The van der Waals surface area contributed by atoms with Crippen molar-refractivity contribution in [1.82, 2.24) is 19.6 Å². The van der Waals surface area contributed by atoms with Crippen molar-refractivity contribution in [1.29, 1.82) is 0 Å². The minimum absolute atomic E-state index is 0.0486. The zero-order valence-corrected chi connectivity index (χ0v) is 20.7. The molecule has 2 atom stereocenters. The van der Waals surface area contributed by atoms with Gasteiger partial charge in [-0.3, -0.25) is 14.5 Å². The van der Waals surface area contributed by atoms with Crippen LogP contribution in [0.3, 0.4) is 0 Å². The average molecular weight is 529 g/mol. The third kappa shape index (κ3) is 4.18. The SMILES string of the molecule is CCO/N=C(\C(=O)N[C@@H]1C(=O)N2C(C(=O)O)=C(C[n+]3ccn4ccccc43)CS[C@H]12)c1csc(N)n1. The van der Waals surface area contributed by atoms with Crippen LogP contribution in [0.5, 0.6) is 0 Å². The molecule has 0 radical (unpaired) electrons. The van der Waals surface area contributed by atoms with Gasteiger partial charge in [-0.25, -0.2) is 18.7 Å². The summed E-state index contributed by atoms with van der Waals surface area (Å²) in [5, 5.41) is 17.8. The molecule has 0 bridgehead atoms. The summed E-state index contributed by atoms with van der Waals surface area (Å²) in [6.45, 7) is 2.27. The first-order valence-corrected chi connectivity index (χ1v) is 12.9. The third-order valence-corrected chi connectivity index (χ3v) is 7.74. The summed E-state index contributed by atoms with van der Waals surface area (Å²) >= 11 is 2.54. The van der Waals surface area contributed by atoms with Crippen LogP contribution in [0.2, 0.25) is 0 Å². The topological polar surface area (TPSA) is 156 Å². The van der Waals surface area contributed by atoms with Gasteiger partial charge in [0.2, 0.25) is 0 Å². The maximum Gasteiger partial charge on any atom is 0.352 e. The number of aromatic nitrogens is 3. The van der Waals surface area contributed by atoms with E-state index in [-0.39, 0.29) is 28.8 Å². The smallest absolute Gasteiger partial charge is 0.352 e. The summed E-state index contributed by atoms with van der Waals surface area (Å²) in [5.74, 6) is -1.96. The number of hydrogen-bond donors (Lipinski definition) is 3. The Kier molecular flexibility index (Phi) is 6.36. The number of oxime groups is 1. The van der Waals surface area contributed by atoms with E-state index in [2.05, 4.69) is 15.5 Å². The second kappa shape index (κ2) is 9.62. The Morgan fingerprint density at radius 2 is 2.22 bits per heavy atom.